The van der Waals surface area contributed by atoms with E-state index in [1.807, 2.05) is 67.6 Å². The molecular formula is C24H17Br2IN2O2. The summed E-state index contributed by atoms with van der Waals surface area (Å²) in [6, 6.07) is 21.1. The molecule has 0 saturated carbocycles. The molecule has 0 atom stereocenters. The first kappa shape index (κ1) is 23.5. The second-order valence-electron chi connectivity index (χ2n) is 6.72. The van der Waals surface area contributed by atoms with Crippen molar-refractivity contribution < 1.29 is 9.53 Å². The van der Waals surface area contributed by atoms with E-state index < -0.39 is 5.91 Å². The molecule has 31 heavy (non-hydrogen) atoms. The first-order valence-corrected chi connectivity index (χ1v) is 11.9. The molecule has 7 heteroatoms. The van der Waals surface area contributed by atoms with Crippen molar-refractivity contribution >= 4 is 72.1 Å². The zero-order valence-electron chi connectivity index (χ0n) is 16.5. The summed E-state index contributed by atoms with van der Waals surface area (Å²) in [5.41, 5.74) is 3.47. The molecule has 0 spiro atoms. The average molecular weight is 652 g/mol. The van der Waals surface area contributed by atoms with Crippen LogP contribution in [0, 0.1) is 21.8 Å². The second kappa shape index (κ2) is 10.9. The van der Waals surface area contributed by atoms with Gasteiger partial charge in [0.1, 0.15) is 24.0 Å². The molecule has 0 bridgehead atoms. The first-order valence-electron chi connectivity index (χ1n) is 9.22. The summed E-state index contributed by atoms with van der Waals surface area (Å²) in [6.07, 6.45) is 1.57. The van der Waals surface area contributed by atoms with Crippen LogP contribution < -0.4 is 10.1 Å². The number of amides is 1. The number of rotatable bonds is 6. The predicted octanol–water partition coefficient (Wildman–Crippen LogP) is 7.25. The van der Waals surface area contributed by atoms with Gasteiger partial charge in [0, 0.05) is 10.2 Å². The van der Waals surface area contributed by atoms with Crippen molar-refractivity contribution in [3.8, 4) is 11.8 Å². The van der Waals surface area contributed by atoms with Crippen molar-refractivity contribution in [1.29, 1.82) is 5.26 Å². The molecule has 0 radical (unpaired) electrons. The number of hydrogen-bond acceptors (Lipinski definition) is 3. The lowest BCUT2D eigenvalue weighted by Crippen LogP contribution is -2.13. The minimum Gasteiger partial charge on any atom is -0.487 e. The van der Waals surface area contributed by atoms with Crippen LogP contribution in [-0.4, -0.2) is 5.91 Å². The molecule has 1 amide bonds. The third kappa shape index (κ3) is 6.66. The topological polar surface area (TPSA) is 62.1 Å². The van der Waals surface area contributed by atoms with Crippen molar-refractivity contribution in [3.63, 3.8) is 0 Å². The fourth-order valence-corrected chi connectivity index (χ4v) is 4.81. The van der Waals surface area contributed by atoms with E-state index in [0.29, 0.717) is 18.0 Å². The number of carbonyl (C=O) groups is 1. The van der Waals surface area contributed by atoms with Crippen LogP contribution in [0.15, 0.2) is 75.2 Å². The molecule has 0 aliphatic carbocycles. The van der Waals surface area contributed by atoms with E-state index >= 15 is 0 Å². The highest BCUT2D eigenvalue weighted by atomic mass is 127. The summed E-state index contributed by atoms with van der Waals surface area (Å²) in [7, 11) is 0. The molecule has 0 aliphatic heterocycles. The summed E-state index contributed by atoms with van der Waals surface area (Å²) in [4.78, 5) is 12.5. The Kier molecular flexibility index (Phi) is 8.29. The number of nitrogens with one attached hydrogen (secondary N) is 1. The fourth-order valence-electron chi connectivity index (χ4n) is 2.77. The van der Waals surface area contributed by atoms with E-state index in [4.69, 9.17) is 4.74 Å². The van der Waals surface area contributed by atoms with Gasteiger partial charge in [-0.1, -0.05) is 40.2 Å². The standard InChI is InChI=1S/C24H17Br2IN2O2/c1-15-3-2-4-20(9-15)29-24(30)18(13-28)10-17-11-21(26)23(22(27)12-17)31-14-16-5-7-19(25)8-6-16/h2-12H,14H2,1H3,(H,29,30)/b18-10-. The molecule has 1 N–H and O–H groups in total. The smallest absolute Gasteiger partial charge is 0.266 e. The second-order valence-corrected chi connectivity index (χ2v) is 9.65. The Morgan fingerprint density at radius 1 is 1.16 bits per heavy atom. The Morgan fingerprint density at radius 2 is 1.90 bits per heavy atom. The van der Waals surface area contributed by atoms with E-state index in [1.165, 1.54) is 0 Å². The van der Waals surface area contributed by atoms with E-state index in [1.54, 1.807) is 12.1 Å². The monoisotopic (exact) mass is 650 g/mol. The van der Waals surface area contributed by atoms with Gasteiger partial charge in [0.25, 0.3) is 5.91 Å². The Hall–Kier alpha value is -2.15. The van der Waals surface area contributed by atoms with Gasteiger partial charge in [0.2, 0.25) is 0 Å². The molecule has 0 saturated heterocycles. The average Bonchev–Trinajstić information content (AvgIpc) is 2.72. The Balaban J connectivity index is 1.76. The lowest BCUT2D eigenvalue weighted by Gasteiger charge is -2.12. The van der Waals surface area contributed by atoms with Gasteiger partial charge in [-0.2, -0.15) is 5.26 Å². The number of hydrogen-bond donors (Lipinski definition) is 1. The van der Waals surface area contributed by atoms with Gasteiger partial charge < -0.3 is 10.1 Å². The van der Waals surface area contributed by atoms with Crippen LogP contribution in [-0.2, 0) is 11.4 Å². The largest absolute Gasteiger partial charge is 0.487 e. The van der Waals surface area contributed by atoms with Crippen LogP contribution in [0.4, 0.5) is 5.69 Å². The number of ether oxygens (including phenoxy) is 1. The molecule has 4 nitrogen and oxygen atoms in total. The van der Waals surface area contributed by atoms with E-state index in [9.17, 15) is 10.1 Å². The summed E-state index contributed by atoms with van der Waals surface area (Å²) >= 11 is 9.15. The molecule has 0 fully saturated rings. The number of carbonyl (C=O) groups excluding carboxylic acids is 1. The summed E-state index contributed by atoms with van der Waals surface area (Å²) in [5.74, 6) is 0.262. The van der Waals surface area contributed by atoms with Crippen LogP contribution in [0.2, 0.25) is 0 Å². The van der Waals surface area contributed by atoms with E-state index in [0.717, 1.165) is 29.2 Å². The van der Waals surface area contributed by atoms with Crippen LogP contribution in [0.25, 0.3) is 6.08 Å². The Morgan fingerprint density at radius 3 is 2.55 bits per heavy atom. The number of anilines is 1. The van der Waals surface area contributed by atoms with Gasteiger partial charge in [-0.3, -0.25) is 4.79 Å². The molecule has 3 aromatic rings. The quantitative estimate of drug-likeness (QED) is 0.174. The molecular weight excluding hydrogens is 635 g/mol. The Labute approximate surface area is 211 Å². The zero-order valence-corrected chi connectivity index (χ0v) is 21.8. The van der Waals surface area contributed by atoms with Crippen molar-refractivity contribution in [2.45, 2.75) is 13.5 Å². The van der Waals surface area contributed by atoms with Crippen LogP contribution in [0.5, 0.6) is 5.75 Å². The molecule has 3 rings (SSSR count). The highest BCUT2D eigenvalue weighted by Gasteiger charge is 2.13. The van der Waals surface area contributed by atoms with Crippen molar-refractivity contribution in [2.24, 2.45) is 0 Å². The van der Waals surface area contributed by atoms with Gasteiger partial charge in [-0.15, -0.1) is 0 Å². The van der Waals surface area contributed by atoms with Crippen molar-refractivity contribution in [1.82, 2.24) is 0 Å². The van der Waals surface area contributed by atoms with Gasteiger partial charge in [0.05, 0.1) is 8.04 Å². The van der Waals surface area contributed by atoms with Gasteiger partial charge in [-0.05, 0) is 105 Å². The number of benzene rings is 3. The zero-order chi connectivity index (χ0) is 22.4. The number of nitriles is 1. The number of nitrogens with zero attached hydrogens (tertiary/aromatic N) is 1. The minimum absolute atomic E-state index is 0.0211. The minimum atomic E-state index is -0.449. The summed E-state index contributed by atoms with van der Waals surface area (Å²) < 4.78 is 8.62. The van der Waals surface area contributed by atoms with Gasteiger partial charge in [0.15, 0.2) is 0 Å². The maximum atomic E-state index is 12.5. The number of halogens is 3. The molecule has 0 unspecified atom stereocenters. The van der Waals surface area contributed by atoms with E-state index in [2.05, 4.69) is 59.8 Å². The third-order valence-corrected chi connectivity index (χ3v) is 6.19. The van der Waals surface area contributed by atoms with Gasteiger partial charge >= 0.3 is 0 Å². The first-order chi connectivity index (χ1) is 14.9. The molecule has 3 aromatic carbocycles. The van der Waals surface area contributed by atoms with Crippen LogP contribution in [0.3, 0.4) is 0 Å². The molecule has 0 aromatic heterocycles. The highest BCUT2D eigenvalue weighted by Crippen LogP contribution is 2.33. The van der Waals surface area contributed by atoms with Crippen LogP contribution >= 0.6 is 54.5 Å². The lowest BCUT2D eigenvalue weighted by molar-refractivity contribution is -0.112. The normalized spacial score (nSPS) is 11.0. The summed E-state index contributed by atoms with van der Waals surface area (Å²) in [6.45, 7) is 2.37. The van der Waals surface area contributed by atoms with Crippen molar-refractivity contribution in [2.75, 3.05) is 5.32 Å². The highest BCUT2D eigenvalue weighted by molar-refractivity contribution is 14.1. The third-order valence-electron chi connectivity index (χ3n) is 4.27. The van der Waals surface area contributed by atoms with E-state index in [-0.39, 0.29) is 5.57 Å². The molecule has 156 valence electrons. The number of aryl methyl sites for hydroxylation is 1. The SMILES string of the molecule is Cc1cccc(NC(=O)/C(C#N)=C\c2cc(Br)c(OCc3ccc(Br)cc3)c(I)c2)c1. The maximum Gasteiger partial charge on any atom is 0.266 e. The molecule has 0 heterocycles. The van der Waals surface area contributed by atoms with Crippen LogP contribution in [0.1, 0.15) is 16.7 Å². The molecule has 0 aliphatic rings. The predicted molar refractivity (Wildman–Crippen MR) is 139 cm³/mol. The fraction of sp³-hybridized carbons (Fsp3) is 0.0833. The van der Waals surface area contributed by atoms with Gasteiger partial charge in [-0.25, -0.2) is 0 Å². The maximum absolute atomic E-state index is 12.5. The lowest BCUT2D eigenvalue weighted by atomic mass is 10.1. The summed E-state index contributed by atoms with van der Waals surface area (Å²) in [5, 5.41) is 12.3. The van der Waals surface area contributed by atoms with Crippen molar-refractivity contribution in [3.05, 3.63) is 95.4 Å². The Bertz CT molecular complexity index is 1160.